The largest absolute Gasteiger partial charge is 0.396 e. The van der Waals surface area contributed by atoms with Crippen LogP contribution >= 0.6 is 0 Å². The van der Waals surface area contributed by atoms with Crippen LogP contribution in [-0.2, 0) is 0 Å². The van der Waals surface area contributed by atoms with E-state index in [4.69, 9.17) is 0 Å². The van der Waals surface area contributed by atoms with Gasteiger partial charge in [0.1, 0.15) is 0 Å². The summed E-state index contributed by atoms with van der Waals surface area (Å²) in [6, 6.07) is 0. The van der Waals surface area contributed by atoms with Crippen LogP contribution in [0.4, 0.5) is 0 Å². The predicted molar refractivity (Wildman–Crippen MR) is 74.9 cm³/mol. The van der Waals surface area contributed by atoms with E-state index < -0.39 is 0 Å². The number of aliphatic hydroxyl groups is 1. The highest BCUT2D eigenvalue weighted by Crippen LogP contribution is 2.34. The molecular formula is C16H26O. The molecule has 0 saturated heterocycles. The molecule has 0 fully saturated rings. The Bertz CT molecular complexity index is 322. The Hall–Kier alpha value is -0.820. The molecule has 1 aliphatic rings. The average molecular weight is 234 g/mol. The van der Waals surface area contributed by atoms with Crippen molar-refractivity contribution >= 4 is 0 Å². The Balaban J connectivity index is 2.73. The molecule has 0 saturated carbocycles. The second-order valence-corrected chi connectivity index (χ2v) is 5.29. The molecule has 96 valence electrons. The smallest absolute Gasteiger partial charge is 0.0499 e. The summed E-state index contributed by atoms with van der Waals surface area (Å²) >= 11 is 0. The van der Waals surface area contributed by atoms with E-state index in [1.807, 2.05) is 6.92 Å². The minimum absolute atomic E-state index is 0.272. The van der Waals surface area contributed by atoms with Gasteiger partial charge in [-0.05, 0) is 43.8 Å². The Morgan fingerprint density at radius 3 is 2.76 bits per heavy atom. The molecule has 1 N–H and O–H groups in total. The van der Waals surface area contributed by atoms with Crippen molar-refractivity contribution in [3.63, 3.8) is 0 Å². The SMILES string of the molecule is C=C(C)/C(C)=C\C1=CC(CCCC)CC1CO. The fourth-order valence-corrected chi connectivity index (χ4v) is 2.36. The van der Waals surface area contributed by atoms with Gasteiger partial charge in [0.2, 0.25) is 0 Å². The molecular weight excluding hydrogens is 208 g/mol. The van der Waals surface area contributed by atoms with Gasteiger partial charge in [0, 0.05) is 12.5 Å². The fourth-order valence-electron chi connectivity index (χ4n) is 2.36. The van der Waals surface area contributed by atoms with Gasteiger partial charge in [-0.2, -0.15) is 0 Å². The standard InChI is InChI=1S/C16H26O/c1-5-6-7-14-9-15(16(10-14)11-17)8-13(4)12(2)3/h8-9,14,16-17H,2,5-7,10-11H2,1,3-4H3/b13-8-. The van der Waals surface area contributed by atoms with E-state index in [-0.39, 0.29) is 6.61 Å². The summed E-state index contributed by atoms with van der Waals surface area (Å²) in [4.78, 5) is 0. The number of allylic oxidation sites excluding steroid dienone is 4. The molecule has 1 heteroatoms. The van der Waals surface area contributed by atoms with E-state index in [2.05, 4.69) is 32.6 Å². The quantitative estimate of drug-likeness (QED) is 0.681. The Morgan fingerprint density at radius 2 is 2.24 bits per heavy atom. The van der Waals surface area contributed by atoms with Crippen LogP contribution in [0.5, 0.6) is 0 Å². The predicted octanol–water partition coefficient (Wildman–Crippen LogP) is 4.25. The molecule has 2 unspecified atom stereocenters. The van der Waals surface area contributed by atoms with Gasteiger partial charge in [0.25, 0.3) is 0 Å². The van der Waals surface area contributed by atoms with Crippen molar-refractivity contribution in [3.05, 3.63) is 35.5 Å². The van der Waals surface area contributed by atoms with Crippen LogP contribution in [0, 0.1) is 11.8 Å². The van der Waals surface area contributed by atoms with E-state index in [1.54, 1.807) is 0 Å². The van der Waals surface area contributed by atoms with E-state index in [1.165, 1.54) is 30.4 Å². The van der Waals surface area contributed by atoms with Gasteiger partial charge in [-0.3, -0.25) is 0 Å². The number of hydrogen-bond donors (Lipinski definition) is 1. The minimum atomic E-state index is 0.272. The zero-order chi connectivity index (χ0) is 12.8. The molecule has 0 aromatic rings. The molecule has 2 atom stereocenters. The van der Waals surface area contributed by atoms with Crippen molar-refractivity contribution in [1.82, 2.24) is 0 Å². The first-order valence-corrected chi connectivity index (χ1v) is 6.75. The highest BCUT2D eigenvalue weighted by Gasteiger charge is 2.24. The van der Waals surface area contributed by atoms with Crippen LogP contribution in [0.15, 0.2) is 35.5 Å². The Labute approximate surface area is 106 Å². The van der Waals surface area contributed by atoms with Crippen molar-refractivity contribution in [2.24, 2.45) is 11.8 Å². The van der Waals surface area contributed by atoms with Crippen LogP contribution in [0.25, 0.3) is 0 Å². The van der Waals surface area contributed by atoms with Crippen molar-refractivity contribution in [3.8, 4) is 0 Å². The summed E-state index contributed by atoms with van der Waals surface area (Å²) in [6.45, 7) is 10.6. The van der Waals surface area contributed by atoms with Crippen LogP contribution in [0.1, 0.15) is 46.5 Å². The summed E-state index contributed by atoms with van der Waals surface area (Å²) in [5.41, 5.74) is 3.65. The number of aliphatic hydroxyl groups excluding tert-OH is 1. The molecule has 0 bridgehead atoms. The lowest BCUT2D eigenvalue weighted by atomic mass is 9.96. The zero-order valence-electron chi connectivity index (χ0n) is 11.5. The number of unbranched alkanes of at least 4 members (excludes halogenated alkanes) is 1. The molecule has 0 spiro atoms. The van der Waals surface area contributed by atoms with Crippen LogP contribution in [-0.4, -0.2) is 11.7 Å². The minimum Gasteiger partial charge on any atom is -0.396 e. The summed E-state index contributed by atoms with van der Waals surface area (Å²) in [6.07, 6.45) is 9.49. The molecule has 0 aromatic heterocycles. The first kappa shape index (κ1) is 14.2. The lowest BCUT2D eigenvalue weighted by Crippen LogP contribution is -2.05. The highest BCUT2D eigenvalue weighted by molar-refractivity contribution is 5.36. The summed E-state index contributed by atoms with van der Waals surface area (Å²) in [7, 11) is 0. The number of rotatable bonds is 6. The van der Waals surface area contributed by atoms with E-state index in [0.29, 0.717) is 11.8 Å². The Kier molecular flexibility index (Phi) is 5.70. The molecule has 0 heterocycles. The number of hydrogen-bond acceptors (Lipinski definition) is 1. The maximum Gasteiger partial charge on any atom is 0.0499 e. The first-order valence-electron chi connectivity index (χ1n) is 6.75. The molecule has 1 rings (SSSR count). The first-order chi connectivity index (χ1) is 8.08. The molecule has 0 aliphatic heterocycles. The third kappa shape index (κ3) is 4.16. The lowest BCUT2D eigenvalue weighted by molar-refractivity contribution is 0.239. The molecule has 1 aliphatic carbocycles. The third-order valence-corrected chi connectivity index (χ3v) is 3.69. The highest BCUT2D eigenvalue weighted by atomic mass is 16.3. The van der Waals surface area contributed by atoms with Crippen molar-refractivity contribution in [2.75, 3.05) is 6.61 Å². The summed E-state index contributed by atoms with van der Waals surface area (Å²) < 4.78 is 0. The van der Waals surface area contributed by atoms with Crippen LogP contribution in [0.3, 0.4) is 0 Å². The molecule has 17 heavy (non-hydrogen) atoms. The van der Waals surface area contributed by atoms with Gasteiger partial charge in [-0.15, -0.1) is 0 Å². The lowest BCUT2D eigenvalue weighted by Gasteiger charge is -2.11. The normalized spacial score (nSPS) is 24.9. The van der Waals surface area contributed by atoms with Crippen LogP contribution < -0.4 is 0 Å². The topological polar surface area (TPSA) is 20.2 Å². The fraction of sp³-hybridized carbons (Fsp3) is 0.625. The monoisotopic (exact) mass is 234 g/mol. The van der Waals surface area contributed by atoms with Gasteiger partial charge < -0.3 is 5.11 Å². The maximum absolute atomic E-state index is 9.44. The molecule has 1 nitrogen and oxygen atoms in total. The second kappa shape index (κ2) is 6.80. The third-order valence-electron chi connectivity index (χ3n) is 3.69. The second-order valence-electron chi connectivity index (χ2n) is 5.29. The molecule has 0 amide bonds. The molecule has 0 radical (unpaired) electrons. The van der Waals surface area contributed by atoms with Crippen molar-refractivity contribution in [2.45, 2.75) is 46.5 Å². The summed E-state index contributed by atoms with van der Waals surface area (Å²) in [5, 5.41) is 9.44. The van der Waals surface area contributed by atoms with Crippen LogP contribution in [0.2, 0.25) is 0 Å². The maximum atomic E-state index is 9.44. The average Bonchev–Trinajstić information content (AvgIpc) is 2.68. The van der Waals surface area contributed by atoms with E-state index in [0.717, 1.165) is 12.0 Å². The van der Waals surface area contributed by atoms with Gasteiger partial charge >= 0.3 is 0 Å². The van der Waals surface area contributed by atoms with Crippen molar-refractivity contribution in [1.29, 1.82) is 0 Å². The summed E-state index contributed by atoms with van der Waals surface area (Å²) in [5.74, 6) is 1.00. The van der Waals surface area contributed by atoms with Gasteiger partial charge in [-0.25, -0.2) is 0 Å². The van der Waals surface area contributed by atoms with Crippen molar-refractivity contribution < 1.29 is 5.11 Å². The Morgan fingerprint density at radius 1 is 1.53 bits per heavy atom. The zero-order valence-corrected chi connectivity index (χ0v) is 11.5. The van der Waals surface area contributed by atoms with E-state index in [9.17, 15) is 5.11 Å². The van der Waals surface area contributed by atoms with Gasteiger partial charge in [0.15, 0.2) is 0 Å². The molecule has 0 aromatic carbocycles. The van der Waals surface area contributed by atoms with Gasteiger partial charge in [0.05, 0.1) is 0 Å². The van der Waals surface area contributed by atoms with E-state index >= 15 is 0 Å². The van der Waals surface area contributed by atoms with Gasteiger partial charge in [-0.1, -0.05) is 44.1 Å².